The van der Waals surface area contributed by atoms with Crippen LogP contribution in [0.2, 0.25) is 0 Å². The quantitative estimate of drug-likeness (QED) is 0.874. The van der Waals surface area contributed by atoms with Gasteiger partial charge in [-0.15, -0.1) is 0 Å². The summed E-state index contributed by atoms with van der Waals surface area (Å²) in [6, 6.07) is 5.04. The molecule has 0 spiro atoms. The van der Waals surface area contributed by atoms with Crippen LogP contribution in [0, 0.1) is 5.82 Å². The number of hydrogen-bond donors (Lipinski definition) is 1. The molecule has 0 aliphatic rings. The molecular formula is C13H16FNO3. The molecule has 1 aromatic rings. The van der Waals surface area contributed by atoms with Gasteiger partial charge in [0.05, 0.1) is 0 Å². The Morgan fingerprint density at radius 2 is 2.11 bits per heavy atom. The third-order valence-corrected chi connectivity index (χ3v) is 2.76. The van der Waals surface area contributed by atoms with Gasteiger partial charge in [0.1, 0.15) is 12.4 Å². The molecule has 1 atom stereocenters. The molecule has 1 aromatic carbocycles. The van der Waals surface area contributed by atoms with E-state index in [0.29, 0.717) is 6.42 Å². The molecule has 18 heavy (non-hydrogen) atoms. The normalized spacial score (nSPS) is 11.9. The molecule has 0 saturated heterocycles. The molecule has 4 nitrogen and oxygen atoms in total. The van der Waals surface area contributed by atoms with Crippen molar-refractivity contribution in [2.24, 2.45) is 0 Å². The first-order valence-corrected chi connectivity index (χ1v) is 5.74. The summed E-state index contributed by atoms with van der Waals surface area (Å²) >= 11 is 0. The van der Waals surface area contributed by atoms with Gasteiger partial charge in [0.2, 0.25) is 0 Å². The van der Waals surface area contributed by atoms with Gasteiger partial charge < -0.3 is 10.0 Å². The zero-order valence-corrected chi connectivity index (χ0v) is 10.4. The van der Waals surface area contributed by atoms with Gasteiger partial charge in [-0.05, 0) is 31.5 Å². The van der Waals surface area contributed by atoms with Crippen molar-refractivity contribution < 1.29 is 19.1 Å². The fraction of sp³-hybridized carbons (Fsp3) is 0.385. The summed E-state index contributed by atoms with van der Waals surface area (Å²) in [5.74, 6) is -2.06. The van der Waals surface area contributed by atoms with Crippen molar-refractivity contribution in [3.8, 4) is 0 Å². The number of hydrogen-bond acceptors (Lipinski definition) is 2. The van der Waals surface area contributed by atoms with E-state index in [9.17, 15) is 14.0 Å². The van der Waals surface area contributed by atoms with Crippen molar-refractivity contribution in [2.45, 2.75) is 26.3 Å². The van der Waals surface area contributed by atoms with Crippen LogP contribution in [0.3, 0.4) is 0 Å². The van der Waals surface area contributed by atoms with E-state index in [1.165, 1.54) is 23.1 Å². The van der Waals surface area contributed by atoms with Gasteiger partial charge in [-0.1, -0.05) is 13.0 Å². The minimum Gasteiger partial charge on any atom is -0.480 e. The van der Waals surface area contributed by atoms with Crippen molar-refractivity contribution in [3.05, 3.63) is 35.6 Å². The molecule has 0 heterocycles. The highest BCUT2D eigenvalue weighted by Gasteiger charge is 2.22. The van der Waals surface area contributed by atoms with Crippen LogP contribution in [0.4, 0.5) is 4.39 Å². The van der Waals surface area contributed by atoms with Gasteiger partial charge in [-0.25, -0.2) is 4.39 Å². The van der Waals surface area contributed by atoms with Gasteiger partial charge in [-0.2, -0.15) is 0 Å². The van der Waals surface area contributed by atoms with E-state index in [0.717, 1.165) is 6.07 Å². The van der Waals surface area contributed by atoms with E-state index in [1.54, 1.807) is 6.92 Å². The smallest absolute Gasteiger partial charge is 0.323 e. The lowest BCUT2D eigenvalue weighted by Gasteiger charge is -2.27. The van der Waals surface area contributed by atoms with Crippen LogP contribution in [0.25, 0.3) is 0 Å². The lowest BCUT2D eigenvalue weighted by atomic mass is 10.1. The topological polar surface area (TPSA) is 57.6 Å². The molecule has 0 radical (unpaired) electrons. The first kappa shape index (κ1) is 14.2. The summed E-state index contributed by atoms with van der Waals surface area (Å²) < 4.78 is 13.0. The lowest BCUT2D eigenvalue weighted by molar-refractivity contribution is -0.138. The number of rotatable bonds is 5. The van der Waals surface area contributed by atoms with Crippen molar-refractivity contribution in [3.63, 3.8) is 0 Å². The number of nitrogens with zero attached hydrogens (tertiary/aromatic N) is 1. The Kier molecular flexibility index (Phi) is 4.83. The first-order chi connectivity index (χ1) is 8.45. The van der Waals surface area contributed by atoms with Gasteiger partial charge in [0.25, 0.3) is 5.91 Å². The molecule has 0 aromatic heterocycles. The number of carbonyl (C=O) groups is 2. The van der Waals surface area contributed by atoms with Crippen LogP contribution in [-0.2, 0) is 4.79 Å². The molecule has 0 saturated carbocycles. The van der Waals surface area contributed by atoms with Crippen LogP contribution in [0.1, 0.15) is 30.6 Å². The summed E-state index contributed by atoms with van der Waals surface area (Å²) in [5, 5.41) is 8.81. The Labute approximate surface area is 105 Å². The third-order valence-electron chi connectivity index (χ3n) is 2.76. The monoisotopic (exact) mass is 253 g/mol. The molecule has 1 amide bonds. The second-order valence-corrected chi connectivity index (χ2v) is 4.09. The van der Waals surface area contributed by atoms with E-state index in [4.69, 9.17) is 5.11 Å². The molecule has 5 heteroatoms. The number of carboxylic acids is 1. The number of benzene rings is 1. The minimum absolute atomic E-state index is 0.163. The highest BCUT2D eigenvalue weighted by molar-refractivity contribution is 5.96. The standard InChI is InChI=1S/C13H16FNO3/c1-3-9(2)15(8-12(16)17)13(18)10-5-4-6-11(14)7-10/h4-7,9H,3,8H2,1-2H3,(H,16,17). The van der Waals surface area contributed by atoms with Crippen LogP contribution in [0.5, 0.6) is 0 Å². The van der Waals surface area contributed by atoms with E-state index < -0.39 is 17.7 Å². The third kappa shape index (κ3) is 3.55. The molecule has 1 rings (SSSR count). The van der Waals surface area contributed by atoms with Crippen molar-refractivity contribution >= 4 is 11.9 Å². The second-order valence-electron chi connectivity index (χ2n) is 4.09. The average molecular weight is 253 g/mol. The first-order valence-electron chi connectivity index (χ1n) is 5.74. The summed E-state index contributed by atoms with van der Waals surface area (Å²) in [6.07, 6.45) is 0.633. The van der Waals surface area contributed by atoms with Crippen molar-refractivity contribution in [1.29, 1.82) is 0 Å². The largest absolute Gasteiger partial charge is 0.480 e. The highest BCUT2D eigenvalue weighted by Crippen LogP contribution is 2.12. The Bertz CT molecular complexity index is 448. The summed E-state index contributed by atoms with van der Waals surface area (Å²) in [5.41, 5.74) is 0.163. The van der Waals surface area contributed by atoms with Crippen LogP contribution in [-0.4, -0.2) is 34.5 Å². The molecule has 98 valence electrons. The maximum Gasteiger partial charge on any atom is 0.323 e. The maximum absolute atomic E-state index is 13.0. The predicted molar refractivity (Wildman–Crippen MR) is 64.8 cm³/mol. The van der Waals surface area contributed by atoms with Gasteiger partial charge >= 0.3 is 5.97 Å². The number of carbonyl (C=O) groups excluding carboxylic acids is 1. The SMILES string of the molecule is CCC(C)N(CC(=O)O)C(=O)c1cccc(F)c1. The molecular weight excluding hydrogens is 237 g/mol. The molecule has 0 aliphatic carbocycles. The molecule has 0 aliphatic heterocycles. The average Bonchev–Trinajstić information content (AvgIpc) is 2.34. The van der Waals surface area contributed by atoms with Gasteiger partial charge in [0.15, 0.2) is 0 Å². The second kappa shape index (κ2) is 6.14. The fourth-order valence-electron chi connectivity index (χ4n) is 1.58. The number of amides is 1. The summed E-state index contributed by atoms with van der Waals surface area (Å²) in [7, 11) is 0. The van der Waals surface area contributed by atoms with E-state index in [2.05, 4.69) is 0 Å². The van der Waals surface area contributed by atoms with Crippen LogP contribution < -0.4 is 0 Å². The Hall–Kier alpha value is -1.91. The molecule has 0 fully saturated rings. The minimum atomic E-state index is -1.08. The molecule has 1 N–H and O–H groups in total. The van der Waals surface area contributed by atoms with E-state index >= 15 is 0 Å². The zero-order valence-electron chi connectivity index (χ0n) is 10.4. The number of aliphatic carboxylic acids is 1. The van der Waals surface area contributed by atoms with Crippen LogP contribution >= 0.6 is 0 Å². The maximum atomic E-state index is 13.0. The predicted octanol–water partition coefficient (Wildman–Crippen LogP) is 2.15. The van der Waals surface area contributed by atoms with Gasteiger partial charge in [-0.3, -0.25) is 9.59 Å². The van der Waals surface area contributed by atoms with Crippen molar-refractivity contribution in [2.75, 3.05) is 6.54 Å². The van der Waals surface area contributed by atoms with E-state index in [1.807, 2.05) is 6.92 Å². The molecule has 1 unspecified atom stereocenters. The Morgan fingerprint density at radius 3 is 2.61 bits per heavy atom. The van der Waals surface area contributed by atoms with Gasteiger partial charge in [0, 0.05) is 11.6 Å². The number of halogens is 1. The summed E-state index contributed by atoms with van der Waals surface area (Å²) in [4.78, 5) is 24.1. The van der Waals surface area contributed by atoms with Crippen LogP contribution in [0.15, 0.2) is 24.3 Å². The Morgan fingerprint density at radius 1 is 1.44 bits per heavy atom. The fourth-order valence-corrected chi connectivity index (χ4v) is 1.58. The lowest BCUT2D eigenvalue weighted by Crippen LogP contribution is -2.41. The zero-order chi connectivity index (χ0) is 13.7. The molecule has 0 bridgehead atoms. The number of carboxylic acid groups (broad SMARTS) is 1. The Balaban J connectivity index is 2.98. The van der Waals surface area contributed by atoms with Crippen molar-refractivity contribution in [1.82, 2.24) is 4.90 Å². The van der Waals surface area contributed by atoms with E-state index in [-0.39, 0.29) is 18.2 Å². The highest BCUT2D eigenvalue weighted by atomic mass is 19.1. The summed E-state index contributed by atoms with van der Waals surface area (Å²) in [6.45, 7) is 3.24.